The van der Waals surface area contributed by atoms with Crippen LogP contribution < -0.4 is 5.73 Å². The molecule has 1 rings (SSSR count). The van der Waals surface area contributed by atoms with E-state index in [2.05, 4.69) is 17.7 Å². The van der Waals surface area contributed by atoms with Crippen LogP contribution in [-0.4, -0.2) is 25.4 Å². The number of nitrogens with two attached hydrogens (primary N) is 1. The number of hydrogen-bond donors (Lipinski definition) is 1. The third kappa shape index (κ3) is 6.37. The van der Waals surface area contributed by atoms with Crippen molar-refractivity contribution in [3.8, 4) is 0 Å². The van der Waals surface area contributed by atoms with E-state index in [0.717, 1.165) is 6.42 Å². The summed E-state index contributed by atoms with van der Waals surface area (Å²) in [5, 5.41) is 0. The van der Waals surface area contributed by atoms with Crippen molar-refractivity contribution in [3.05, 3.63) is 21.9 Å². The fraction of sp³-hybridized carbons (Fsp3) is 0.667. The van der Waals surface area contributed by atoms with Crippen molar-refractivity contribution in [2.75, 3.05) is 13.2 Å². The van der Waals surface area contributed by atoms with E-state index < -0.39 is 12.8 Å². The predicted molar refractivity (Wildman–Crippen MR) is 66.9 cm³/mol. The molecule has 1 unspecified atom stereocenters. The molecule has 1 aromatic heterocycles. The molecule has 1 atom stereocenters. The Bertz CT molecular complexity index is 351. The molecule has 1 aromatic rings. The Morgan fingerprint density at radius 1 is 1.33 bits per heavy atom. The van der Waals surface area contributed by atoms with Crippen molar-refractivity contribution in [1.82, 2.24) is 0 Å². The molecular formula is C12H18F3NOS. The number of aryl methyl sites for hydroxylation is 1. The van der Waals surface area contributed by atoms with Crippen LogP contribution in [0.5, 0.6) is 0 Å². The highest BCUT2D eigenvalue weighted by atomic mass is 32.1. The van der Waals surface area contributed by atoms with Gasteiger partial charge in [0.2, 0.25) is 0 Å². The van der Waals surface area contributed by atoms with Crippen molar-refractivity contribution in [2.24, 2.45) is 5.73 Å². The average molecular weight is 281 g/mol. The average Bonchev–Trinajstić information content (AvgIpc) is 2.71. The van der Waals surface area contributed by atoms with Crippen LogP contribution >= 0.6 is 11.3 Å². The summed E-state index contributed by atoms with van der Waals surface area (Å²) in [5.41, 5.74) is 5.85. The third-order valence-corrected chi connectivity index (χ3v) is 3.68. The van der Waals surface area contributed by atoms with Crippen LogP contribution in [0.2, 0.25) is 0 Å². The van der Waals surface area contributed by atoms with Crippen molar-refractivity contribution in [3.63, 3.8) is 0 Å². The van der Waals surface area contributed by atoms with E-state index in [-0.39, 0.29) is 12.6 Å². The Labute approximate surface area is 109 Å². The highest BCUT2D eigenvalue weighted by Crippen LogP contribution is 2.19. The molecule has 0 aromatic carbocycles. The molecule has 0 aliphatic heterocycles. The first-order chi connectivity index (χ1) is 8.40. The summed E-state index contributed by atoms with van der Waals surface area (Å²) < 4.78 is 40.0. The van der Waals surface area contributed by atoms with Crippen molar-refractivity contribution in [1.29, 1.82) is 0 Å². The molecule has 0 radical (unpaired) electrons. The maximum absolute atomic E-state index is 11.8. The lowest BCUT2D eigenvalue weighted by atomic mass is 10.1. The lowest BCUT2D eigenvalue weighted by molar-refractivity contribution is -0.174. The molecule has 0 spiro atoms. The maximum Gasteiger partial charge on any atom is 0.411 e. The number of ether oxygens (including phenoxy) is 1. The van der Waals surface area contributed by atoms with E-state index in [1.165, 1.54) is 9.75 Å². The molecule has 104 valence electrons. The monoisotopic (exact) mass is 281 g/mol. The molecule has 2 nitrogen and oxygen atoms in total. The van der Waals surface area contributed by atoms with Gasteiger partial charge in [-0.1, -0.05) is 6.92 Å². The smallest absolute Gasteiger partial charge is 0.372 e. The summed E-state index contributed by atoms with van der Waals surface area (Å²) >= 11 is 1.70. The van der Waals surface area contributed by atoms with Crippen molar-refractivity contribution < 1.29 is 17.9 Å². The molecule has 1 heterocycles. The molecule has 0 amide bonds. The van der Waals surface area contributed by atoms with Crippen molar-refractivity contribution in [2.45, 2.75) is 38.4 Å². The molecule has 2 N–H and O–H groups in total. The SMILES string of the molecule is CCc1ccc(CC(N)CCOCC(F)(F)F)s1. The summed E-state index contributed by atoms with van der Waals surface area (Å²) in [7, 11) is 0. The van der Waals surface area contributed by atoms with Gasteiger partial charge in [0.05, 0.1) is 0 Å². The molecule has 0 bridgehead atoms. The van der Waals surface area contributed by atoms with E-state index in [9.17, 15) is 13.2 Å². The summed E-state index contributed by atoms with van der Waals surface area (Å²) in [6.07, 6.45) is -2.13. The summed E-state index contributed by atoms with van der Waals surface area (Å²) in [4.78, 5) is 2.47. The summed E-state index contributed by atoms with van der Waals surface area (Å²) in [6.45, 7) is 0.936. The predicted octanol–water partition coefficient (Wildman–Crippen LogP) is 3.15. The van der Waals surface area contributed by atoms with Crippen LogP contribution in [0.25, 0.3) is 0 Å². The fourth-order valence-electron chi connectivity index (χ4n) is 1.51. The summed E-state index contributed by atoms with van der Waals surface area (Å²) in [5.74, 6) is 0. The zero-order valence-electron chi connectivity index (χ0n) is 10.3. The molecule has 18 heavy (non-hydrogen) atoms. The number of hydrogen-bond acceptors (Lipinski definition) is 3. The Hall–Kier alpha value is -0.590. The van der Waals surface area contributed by atoms with Crippen LogP contribution in [0.3, 0.4) is 0 Å². The molecule has 0 aliphatic carbocycles. The van der Waals surface area contributed by atoms with Crippen LogP contribution in [0, 0.1) is 0 Å². The van der Waals surface area contributed by atoms with Gasteiger partial charge in [-0.05, 0) is 31.4 Å². The molecule has 0 fully saturated rings. The minimum atomic E-state index is -4.26. The van der Waals surface area contributed by atoms with E-state index in [4.69, 9.17) is 5.73 Å². The molecular weight excluding hydrogens is 263 g/mol. The minimum absolute atomic E-state index is 0.0483. The van der Waals surface area contributed by atoms with Gasteiger partial charge in [0.25, 0.3) is 0 Å². The van der Waals surface area contributed by atoms with Gasteiger partial charge in [0.1, 0.15) is 6.61 Å². The second-order valence-electron chi connectivity index (χ2n) is 4.14. The zero-order valence-corrected chi connectivity index (χ0v) is 11.1. The molecule has 6 heteroatoms. The van der Waals surface area contributed by atoms with Crippen LogP contribution in [0.15, 0.2) is 12.1 Å². The van der Waals surface area contributed by atoms with Gasteiger partial charge < -0.3 is 10.5 Å². The first-order valence-electron chi connectivity index (χ1n) is 5.88. The highest BCUT2D eigenvalue weighted by molar-refractivity contribution is 7.11. The van der Waals surface area contributed by atoms with E-state index in [1.54, 1.807) is 11.3 Å². The van der Waals surface area contributed by atoms with Crippen LogP contribution in [0.4, 0.5) is 13.2 Å². The van der Waals surface area contributed by atoms with E-state index >= 15 is 0 Å². The molecule has 0 saturated heterocycles. The van der Waals surface area contributed by atoms with Crippen molar-refractivity contribution >= 4 is 11.3 Å². The Kier molecular flexibility index (Phi) is 6.11. The van der Waals surface area contributed by atoms with Crippen LogP contribution in [-0.2, 0) is 17.6 Å². The lowest BCUT2D eigenvalue weighted by Crippen LogP contribution is -2.25. The number of halogens is 3. The van der Waals surface area contributed by atoms with Gasteiger partial charge in [0.15, 0.2) is 0 Å². The first kappa shape index (κ1) is 15.5. The second-order valence-corrected chi connectivity index (χ2v) is 5.40. The van der Waals surface area contributed by atoms with Crippen LogP contribution in [0.1, 0.15) is 23.1 Å². The fourth-order valence-corrected chi connectivity index (χ4v) is 2.56. The zero-order chi connectivity index (χ0) is 13.6. The van der Waals surface area contributed by atoms with Gasteiger partial charge in [-0.3, -0.25) is 0 Å². The largest absolute Gasteiger partial charge is 0.411 e. The Morgan fingerprint density at radius 2 is 2.00 bits per heavy atom. The summed E-state index contributed by atoms with van der Waals surface area (Å²) in [6, 6.07) is 3.94. The Balaban J connectivity index is 2.19. The topological polar surface area (TPSA) is 35.2 Å². The number of thiophene rings is 1. The minimum Gasteiger partial charge on any atom is -0.372 e. The van der Waals surface area contributed by atoms with E-state index in [0.29, 0.717) is 12.8 Å². The standard InChI is InChI=1S/C12H18F3NOS/c1-2-10-3-4-11(18-10)7-9(16)5-6-17-8-12(13,14)15/h3-4,9H,2,5-8,16H2,1H3. The van der Waals surface area contributed by atoms with Gasteiger partial charge >= 0.3 is 6.18 Å². The second kappa shape index (κ2) is 7.11. The number of alkyl halides is 3. The maximum atomic E-state index is 11.8. The molecule has 0 aliphatic rings. The third-order valence-electron chi connectivity index (χ3n) is 2.43. The Morgan fingerprint density at radius 3 is 2.56 bits per heavy atom. The van der Waals surface area contributed by atoms with Gasteiger partial charge in [-0.25, -0.2) is 0 Å². The number of rotatable bonds is 7. The highest BCUT2D eigenvalue weighted by Gasteiger charge is 2.27. The van der Waals surface area contributed by atoms with Gasteiger partial charge in [0, 0.05) is 22.4 Å². The molecule has 0 saturated carbocycles. The van der Waals surface area contributed by atoms with Gasteiger partial charge in [-0.15, -0.1) is 11.3 Å². The van der Waals surface area contributed by atoms with Gasteiger partial charge in [-0.2, -0.15) is 13.2 Å². The first-order valence-corrected chi connectivity index (χ1v) is 6.70. The normalized spacial score (nSPS) is 13.8. The van der Waals surface area contributed by atoms with E-state index in [1.807, 2.05) is 6.07 Å². The quantitative estimate of drug-likeness (QED) is 0.779. The lowest BCUT2D eigenvalue weighted by Gasteiger charge is -2.11.